The van der Waals surface area contributed by atoms with Crippen molar-refractivity contribution < 1.29 is 9.90 Å². The summed E-state index contributed by atoms with van der Waals surface area (Å²) in [5.74, 6) is -0.427. The van der Waals surface area contributed by atoms with E-state index >= 15 is 0 Å². The highest BCUT2D eigenvalue weighted by atomic mass is 79.9. The zero-order chi connectivity index (χ0) is 16.1. The lowest BCUT2D eigenvalue weighted by Crippen LogP contribution is -2.37. The van der Waals surface area contributed by atoms with E-state index in [1.165, 1.54) is 4.88 Å². The van der Waals surface area contributed by atoms with Crippen LogP contribution in [0.2, 0.25) is 0 Å². The number of rotatable bonds is 7. The molecule has 1 atom stereocenters. The first-order valence-corrected chi connectivity index (χ1v) is 8.88. The zero-order valence-corrected chi connectivity index (χ0v) is 15.1. The lowest BCUT2D eigenvalue weighted by Gasteiger charge is -2.15. The first-order chi connectivity index (χ1) is 10.5. The molecule has 0 aliphatic rings. The summed E-state index contributed by atoms with van der Waals surface area (Å²) in [4.78, 5) is 13.6. The summed E-state index contributed by atoms with van der Waals surface area (Å²) in [5.41, 5.74) is 1.16. The molecule has 2 rings (SSSR count). The number of hydrogen-bond donors (Lipinski definition) is 2. The van der Waals surface area contributed by atoms with Crippen LogP contribution in [-0.2, 0) is 11.3 Å². The molecular weight excluding hydrogens is 362 g/mol. The van der Waals surface area contributed by atoms with Gasteiger partial charge < -0.3 is 5.11 Å². The predicted octanol–water partition coefficient (Wildman–Crippen LogP) is 4.77. The van der Waals surface area contributed by atoms with Gasteiger partial charge in [0, 0.05) is 26.3 Å². The fraction of sp³-hybridized carbons (Fsp3) is 0.353. The summed E-state index contributed by atoms with van der Waals surface area (Å²) in [7, 11) is 0. The average Bonchev–Trinajstić information content (AvgIpc) is 2.92. The van der Waals surface area contributed by atoms with Crippen LogP contribution >= 0.6 is 27.3 Å². The van der Waals surface area contributed by atoms with Crippen LogP contribution in [0.3, 0.4) is 0 Å². The number of benzene rings is 1. The van der Waals surface area contributed by atoms with Crippen LogP contribution in [0.4, 0.5) is 0 Å². The number of nitrogens with one attached hydrogen (secondary N) is 1. The average molecular weight is 382 g/mol. The molecule has 0 unspecified atom stereocenters. The van der Waals surface area contributed by atoms with Gasteiger partial charge in [0.05, 0.1) is 0 Å². The largest absolute Gasteiger partial charge is 0.480 e. The Bertz CT molecular complexity index is 639. The summed E-state index contributed by atoms with van der Waals surface area (Å²) in [6.07, 6.45) is 0.637. The molecule has 0 radical (unpaired) electrons. The van der Waals surface area contributed by atoms with Gasteiger partial charge >= 0.3 is 5.97 Å². The molecule has 118 valence electrons. The molecule has 1 heterocycles. The van der Waals surface area contributed by atoms with E-state index in [0.29, 0.717) is 18.9 Å². The molecule has 0 fully saturated rings. The van der Waals surface area contributed by atoms with Crippen molar-refractivity contribution in [2.45, 2.75) is 32.9 Å². The maximum absolute atomic E-state index is 11.3. The van der Waals surface area contributed by atoms with E-state index < -0.39 is 12.0 Å². The van der Waals surface area contributed by atoms with E-state index in [9.17, 15) is 9.90 Å². The Hall–Kier alpha value is -1.17. The van der Waals surface area contributed by atoms with Crippen molar-refractivity contribution in [3.63, 3.8) is 0 Å². The zero-order valence-electron chi connectivity index (χ0n) is 12.7. The standard InChI is InChI=1S/C17H20BrNO2S/c1-11(2)9-15(17(20)21)19-10-12-7-8-16(22-12)13-5-3-4-6-14(13)18/h3-8,11,15,19H,9-10H2,1-2H3,(H,20,21)/t15-/m0/s1. The number of thiophene rings is 1. The third-order valence-corrected chi connectivity index (χ3v) is 5.14. The van der Waals surface area contributed by atoms with Crippen LogP contribution in [0.1, 0.15) is 25.1 Å². The summed E-state index contributed by atoms with van der Waals surface area (Å²) < 4.78 is 1.07. The Balaban J connectivity index is 2.03. The number of hydrogen-bond acceptors (Lipinski definition) is 3. The van der Waals surface area contributed by atoms with Crippen molar-refractivity contribution >= 4 is 33.2 Å². The third-order valence-electron chi connectivity index (χ3n) is 3.33. The van der Waals surface area contributed by atoms with Crippen LogP contribution in [0.5, 0.6) is 0 Å². The lowest BCUT2D eigenvalue weighted by atomic mass is 10.0. The van der Waals surface area contributed by atoms with Crippen LogP contribution in [-0.4, -0.2) is 17.1 Å². The molecule has 1 aromatic carbocycles. The monoisotopic (exact) mass is 381 g/mol. The Morgan fingerprint density at radius 1 is 1.27 bits per heavy atom. The second-order valence-corrected chi connectivity index (χ2v) is 7.67. The van der Waals surface area contributed by atoms with Gasteiger partial charge in [-0.2, -0.15) is 0 Å². The van der Waals surface area contributed by atoms with Gasteiger partial charge in [0.15, 0.2) is 0 Å². The van der Waals surface area contributed by atoms with E-state index in [1.807, 2.05) is 32.0 Å². The molecule has 5 heteroatoms. The van der Waals surface area contributed by atoms with Crippen LogP contribution in [0.15, 0.2) is 40.9 Å². The van der Waals surface area contributed by atoms with Crippen molar-refractivity contribution in [1.82, 2.24) is 5.32 Å². The van der Waals surface area contributed by atoms with Gasteiger partial charge in [-0.3, -0.25) is 10.1 Å². The number of carboxylic acid groups (broad SMARTS) is 1. The summed E-state index contributed by atoms with van der Waals surface area (Å²) in [6.45, 7) is 4.65. The number of carbonyl (C=O) groups is 1. The third kappa shape index (κ3) is 4.66. The molecule has 22 heavy (non-hydrogen) atoms. The van der Waals surface area contributed by atoms with Crippen LogP contribution in [0.25, 0.3) is 10.4 Å². The van der Waals surface area contributed by atoms with Crippen LogP contribution < -0.4 is 5.32 Å². The predicted molar refractivity (Wildman–Crippen MR) is 95.2 cm³/mol. The van der Waals surface area contributed by atoms with E-state index in [2.05, 4.69) is 39.4 Å². The van der Waals surface area contributed by atoms with E-state index in [1.54, 1.807) is 11.3 Å². The molecule has 0 aliphatic heterocycles. The summed E-state index contributed by atoms with van der Waals surface area (Å²) >= 11 is 5.25. The van der Waals surface area contributed by atoms with E-state index in [-0.39, 0.29) is 0 Å². The number of carboxylic acids is 1. The smallest absolute Gasteiger partial charge is 0.320 e. The van der Waals surface area contributed by atoms with Gasteiger partial charge in [-0.05, 0) is 30.5 Å². The molecule has 3 nitrogen and oxygen atoms in total. The molecule has 2 N–H and O–H groups in total. The fourth-order valence-corrected chi connectivity index (χ4v) is 3.87. The van der Waals surface area contributed by atoms with Gasteiger partial charge in [-0.1, -0.05) is 48.0 Å². The molecule has 0 bridgehead atoms. The molecule has 0 spiro atoms. The molecule has 2 aromatic rings. The highest BCUT2D eigenvalue weighted by Crippen LogP contribution is 2.33. The van der Waals surface area contributed by atoms with Crippen molar-refractivity contribution in [2.24, 2.45) is 5.92 Å². The molecular formula is C17H20BrNO2S. The second kappa shape index (κ2) is 7.90. The minimum absolute atomic E-state index is 0.354. The van der Waals surface area contributed by atoms with Crippen molar-refractivity contribution in [3.05, 3.63) is 45.7 Å². The van der Waals surface area contributed by atoms with Gasteiger partial charge in [0.2, 0.25) is 0 Å². The van der Waals surface area contributed by atoms with Crippen molar-refractivity contribution in [3.8, 4) is 10.4 Å². The Labute approximate surface area is 143 Å². The molecule has 1 aromatic heterocycles. The maximum atomic E-state index is 11.3. The Kier molecular flexibility index (Phi) is 6.17. The number of halogens is 1. The first kappa shape index (κ1) is 17.2. The highest BCUT2D eigenvalue weighted by Gasteiger charge is 2.18. The normalized spacial score (nSPS) is 12.5. The van der Waals surface area contributed by atoms with Gasteiger partial charge in [0.1, 0.15) is 6.04 Å². The van der Waals surface area contributed by atoms with Crippen molar-refractivity contribution in [2.75, 3.05) is 0 Å². The van der Waals surface area contributed by atoms with Gasteiger partial charge in [-0.25, -0.2) is 0 Å². The summed E-state index contributed by atoms with van der Waals surface area (Å²) in [6, 6.07) is 11.8. The fourth-order valence-electron chi connectivity index (χ4n) is 2.25. The van der Waals surface area contributed by atoms with Crippen molar-refractivity contribution in [1.29, 1.82) is 0 Å². The van der Waals surface area contributed by atoms with Gasteiger partial charge in [-0.15, -0.1) is 11.3 Å². The Morgan fingerprint density at radius 2 is 2.00 bits per heavy atom. The van der Waals surface area contributed by atoms with E-state index in [0.717, 1.165) is 14.9 Å². The maximum Gasteiger partial charge on any atom is 0.320 e. The molecule has 0 saturated heterocycles. The lowest BCUT2D eigenvalue weighted by molar-refractivity contribution is -0.140. The summed E-state index contributed by atoms with van der Waals surface area (Å²) in [5, 5.41) is 12.4. The SMILES string of the molecule is CC(C)C[C@H](NCc1ccc(-c2ccccc2Br)s1)C(=O)O. The Morgan fingerprint density at radius 3 is 2.64 bits per heavy atom. The minimum Gasteiger partial charge on any atom is -0.480 e. The van der Waals surface area contributed by atoms with Gasteiger partial charge in [0.25, 0.3) is 0 Å². The number of aliphatic carboxylic acids is 1. The molecule has 0 amide bonds. The second-order valence-electron chi connectivity index (χ2n) is 5.65. The molecule has 0 saturated carbocycles. The van der Waals surface area contributed by atoms with E-state index in [4.69, 9.17) is 0 Å². The molecule has 0 aliphatic carbocycles. The minimum atomic E-state index is -0.781. The van der Waals surface area contributed by atoms with Crippen LogP contribution in [0, 0.1) is 5.92 Å². The highest BCUT2D eigenvalue weighted by molar-refractivity contribution is 9.10. The first-order valence-electron chi connectivity index (χ1n) is 7.27. The topological polar surface area (TPSA) is 49.3 Å². The quantitative estimate of drug-likeness (QED) is 0.726.